The van der Waals surface area contributed by atoms with E-state index in [4.69, 9.17) is 18.9 Å². The van der Waals surface area contributed by atoms with Crippen molar-refractivity contribution < 1.29 is 28.5 Å². The maximum absolute atomic E-state index is 11.8. The molecule has 0 bridgehead atoms. The molecule has 0 aromatic rings. The van der Waals surface area contributed by atoms with Gasteiger partial charge in [0, 0.05) is 30.7 Å². The van der Waals surface area contributed by atoms with Gasteiger partial charge in [0.25, 0.3) is 0 Å². The predicted molar refractivity (Wildman–Crippen MR) is 121 cm³/mol. The first kappa shape index (κ1) is 29.1. The molecule has 0 aromatic heterocycles. The molecule has 178 valence electrons. The van der Waals surface area contributed by atoms with Gasteiger partial charge in [-0.2, -0.15) is 11.8 Å². The lowest BCUT2D eigenvalue weighted by Gasteiger charge is -2.23. The number of ether oxygens (including phenoxy) is 4. The van der Waals surface area contributed by atoms with Gasteiger partial charge >= 0.3 is 0 Å². The summed E-state index contributed by atoms with van der Waals surface area (Å²) in [4.78, 5) is 23.0. The Balaban J connectivity index is 3.28. The molecule has 0 radical (unpaired) electrons. The van der Waals surface area contributed by atoms with Crippen molar-refractivity contribution in [3.63, 3.8) is 0 Å². The summed E-state index contributed by atoms with van der Waals surface area (Å²) in [5, 5.41) is 5.73. The fourth-order valence-electron chi connectivity index (χ4n) is 2.35. The lowest BCUT2D eigenvalue weighted by Crippen LogP contribution is -2.36. The van der Waals surface area contributed by atoms with Crippen molar-refractivity contribution in [3.8, 4) is 0 Å². The van der Waals surface area contributed by atoms with Crippen LogP contribution in [0.1, 0.15) is 47.0 Å². The van der Waals surface area contributed by atoms with E-state index in [9.17, 15) is 9.59 Å². The van der Waals surface area contributed by atoms with Crippen molar-refractivity contribution in [2.24, 2.45) is 0 Å². The average Bonchev–Trinajstić information content (AvgIpc) is 2.69. The molecule has 0 rings (SSSR count). The number of hydrogen-bond acceptors (Lipinski definition) is 7. The summed E-state index contributed by atoms with van der Waals surface area (Å²) in [6.45, 7) is 13.3. The van der Waals surface area contributed by atoms with Crippen LogP contribution in [0.4, 0.5) is 0 Å². The van der Waals surface area contributed by atoms with Crippen molar-refractivity contribution in [1.29, 1.82) is 0 Å². The standard InChI is InChI=1S/C21H42N2O6S/c1-5-7-19(24)22-9-11-27-13-15-29-17-16-28-14-12-26-10-8-20(25)23-18-21(3,4)30-6-2/h5-18H2,1-4H3,(H,22,24)(H,23,25). The topological polar surface area (TPSA) is 95.1 Å². The number of rotatable bonds is 21. The third kappa shape index (κ3) is 20.4. The third-order valence-electron chi connectivity index (χ3n) is 3.88. The fraction of sp³-hybridized carbons (Fsp3) is 0.905. The number of hydrogen-bond donors (Lipinski definition) is 2. The fourth-order valence-corrected chi connectivity index (χ4v) is 3.30. The molecule has 30 heavy (non-hydrogen) atoms. The molecule has 8 nitrogen and oxygen atoms in total. The lowest BCUT2D eigenvalue weighted by atomic mass is 10.2. The van der Waals surface area contributed by atoms with Crippen LogP contribution in [0.5, 0.6) is 0 Å². The Hall–Kier alpha value is -0.870. The number of amides is 2. The van der Waals surface area contributed by atoms with Gasteiger partial charge in [-0.05, 0) is 26.0 Å². The summed E-state index contributed by atoms with van der Waals surface area (Å²) >= 11 is 1.83. The first-order valence-corrected chi connectivity index (χ1v) is 11.9. The van der Waals surface area contributed by atoms with Gasteiger partial charge < -0.3 is 29.6 Å². The second kappa shape index (κ2) is 20.1. The Kier molecular flexibility index (Phi) is 19.5. The maximum atomic E-state index is 11.8. The predicted octanol–water partition coefficient (Wildman–Crippen LogP) is 2.01. The van der Waals surface area contributed by atoms with Crippen LogP contribution in [0.2, 0.25) is 0 Å². The van der Waals surface area contributed by atoms with Crippen molar-refractivity contribution in [3.05, 3.63) is 0 Å². The van der Waals surface area contributed by atoms with Gasteiger partial charge in [0.15, 0.2) is 0 Å². The van der Waals surface area contributed by atoms with E-state index in [1.165, 1.54) is 0 Å². The summed E-state index contributed by atoms with van der Waals surface area (Å²) in [7, 11) is 0. The van der Waals surface area contributed by atoms with Gasteiger partial charge in [0.2, 0.25) is 11.8 Å². The summed E-state index contributed by atoms with van der Waals surface area (Å²) in [5.74, 6) is 1.11. The minimum atomic E-state index is 0.0136. The van der Waals surface area contributed by atoms with Crippen molar-refractivity contribution in [1.82, 2.24) is 10.6 Å². The maximum Gasteiger partial charge on any atom is 0.222 e. The van der Waals surface area contributed by atoms with Crippen LogP contribution >= 0.6 is 11.8 Å². The molecule has 0 saturated carbocycles. The summed E-state index contributed by atoms with van der Waals surface area (Å²) in [6.07, 6.45) is 1.77. The number of thioether (sulfide) groups is 1. The molecule has 0 aliphatic heterocycles. The summed E-state index contributed by atoms with van der Waals surface area (Å²) < 4.78 is 21.6. The first-order valence-electron chi connectivity index (χ1n) is 10.9. The molecule has 0 aliphatic carbocycles. The highest BCUT2D eigenvalue weighted by molar-refractivity contribution is 8.00. The molecular weight excluding hydrogens is 408 g/mol. The highest BCUT2D eigenvalue weighted by atomic mass is 32.2. The molecule has 0 unspecified atom stereocenters. The van der Waals surface area contributed by atoms with E-state index in [0.717, 1.165) is 12.2 Å². The Bertz CT molecular complexity index is 438. The molecule has 0 aromatic carbocycles. The molecule has 2 N–H and O–H groups in total. The highest BCUT2D eigenvalue weighted by Crippen LogP contribution is 2.22. The van der Waals surface area contributed by atoms with Crippen molar-refractivity contribution in [2.75, 3.05) is 71.7 Å². The van der Waals surface area contributed by atoms with Gasteiger partial charge in [-0.3, -0.25) is 9.59 Å². The van der Waals surface area contributed by atoms with Crippen LogP contribution in [-0.2, 0) is 28.5 Å². The van der Waals surface area contributed by atoms with Crippen LogP contribution in [0.3, 0.4) is 0 Å². The number of carbonyl (C=O) groups excluding carboxylic acids is 2. The van der Waals surface area contributed by atoms with E-state index in [1.54, 1.807) is 0 Å². The second-order valence-electron chi connectivity index (χ2n) is 7.27. The smallest absolute Gasteiger partial charge is 0.222 e. The minimum absolute atomic E-state index is 0.0136. The van der Waals surface area contributed by atoms with E-state index in [2.05, 4.69) is 31.4 Å². The second-order valence-corrected chi connectivity index (χ2v) is 9.24. The normalized spacial score (nSPS) is 11.5. The van der Waals surface area contributed by atoms with Gasteiger partial charge in [-0.25, -0.2) is 0 Å². The van der Waals surface area contributed by atoms with Crippen LogP contribution in [0, 0.1) is 0 Å². The molecule has 0 saturated heterocycles. The van der Waals surface area contributed by atoms with Crippen LogP contribution in [-0.4, -0.2) is 88.3 Å². The van der Waals surface area contributed by atoms with Gasteiger partial charge in [0.05, 0.1) is 52.9 Å². The van der Waals surface area contributed by atoms with Crippen molar-refractivity contribution >= 4 is 23.6 Å². The van der Waals surface area contributed by atoms with E-state index in [1.807, 2.05) is 18.7 Å². The highest BCUT2D eigenvalue weighted by Gasteiger charge is 2.18. The zero-order chi connectivity index (χ0) is 22.5. The zero-order valence-electron chi connectivity index (χ0n) is 19.3. The molecule has 2 amide bonds. The molecule has 0 spiro atoms. The summed E-state index contributed by atoms with van der Waals surface area (Å²) in [5.41, 5.74) is 0. The van der Waals surface area contributed by atoms with Gasteiger partial charge in [-0.15, -0.1) is 0 Å². The van der Waals surface area contributed by atoms with E-state index in [0.29, 0.717) is 78.8 Å². The Labute approximate surface area is 186 Å². The molecule has 0 heterocycles. The minimum Gasteiger partial charge on any atom is -0.379 e. The SMILES string of the molecule is CCCC(=O)NCCOCCOCCOCCOCCC(=O)NCC(C)(C)SCC. The van der Waals surface area contributed by atoms with Gasteiger partial charge in [-0.1, -0.05) is 13.8 Å². The first-order chi connectivity index (χ1) is 14.4. The zero-order valence-corrected chi connectivity index (χ0v) is 20.1. The number of nitrogens with one attached hydrogen (secondary N) is 2. The molecule has 9 heteroatoms. The molecular formula is C21H42N2O6S. The van der Waals surface area contributed by atoms with Crippen LogP contribution in [0.25, 0.3) is 0 Å². The van der Waals surface area contributed by atoms with Crippen LogP contribution < -0.4 is 10.6 Å². The van der Waals surface area contributed by atoms with E-state index >= 15 is 0 Å². The lowest BCUT2D eigenvalue weighted by molar-refractivity contribution is -0.122. The van der Waals surface area contributed by atoms with Gasteiger partial charge in [0.1, 0.15) is 0 Å². The Morgan fingerprint density at radius 3 is 1.77 bits per heavy atom. The Morgan fingerprint density at radius 2 is 1.23 bits per heavy atom. The number of carbonyl (C=O) groups is 2. The van der Waals surface area contributed by atoms with E-state index < -0.39 is 0 Å². The average molecular weight is 451 g/mol. The third-order valence-corrected chi connectivity index (χ3v) is 5.10. The van der Waals surface area contributed by atoms with Crippen molar-refractivity contribution in [2.45, 2.75) is 51.7 Å². The largest absolute Gasteiger partial charge is 0.379 e. The summed E-state index contributed by atoms with van der Waals surface area (Å²) in [6, 6.07) is 0. The van der Waals surface area contributed by atoms with Crippen LogP contribution in [0.15, 0.2) is 0 Å². The quantitative estimate of drug-likeness (QED) is 0.258. The molecule has 0 atom stereocenters. The molecule has 0 fully saturated rings. The van der Waals surface area contributed by atoms with E-state index in [-0.39, 0.29) is 16.6 Å². The monoisotopic (exact) mass is 450 g/mol. The Morgan fingerprint density at radius 1 is 0.733 bits per heavy atom. The molecule has 0 aliphatic rings.